The number of ether oxygens (including phenoxy) is 2. The summed E-state index contributed by atoms with van der Waals surface area (Å²) in [4.78, 5) is 2.30. The Bertz CT molecular complexity index is 412. The molecule has 1 fully saturated rings. The lowest BCUT2D eigenvalue weighted by atomic mass is 10.1. The molecule has 1 aromatic rings. The minimum Gasteiger partial charge on any atom is -0.493 e. The number of hydrogen-bond donors (Lipinski definition) is 1. The first-order chi connectivity index (χ1) is 9.11. The second-order valence-electron chi connectivity index (χ2n) is 5.18. The van der Waals surface area contributed by atoms with Crippen molar-refractivity contribution in [2.45, 2.75) is 32.0 Å². The largest absolute Gasteiger partial charge is 0.493 e. The molecule has 0 spiro atoms. The van der Waals surface area contributed by atoms with Crippen LogP contribution in [0.2, 0.25) is 0 Å². The molecule has 1 heterocycles. The average Bonchev–Trinajstić information content (AvgIpc) is 2.41. The molecule has 2 rings (SSSR count). The summed E-state index contributed by atoms with van der Waals surface area (Å²) >= 11 is 0. The number of aliphatic hydroxyl groups is 1. The van der Waals surface area contributed by atoms with Gasteiger partial charge in [-0.1, -0.05) is 12.1 Å². The smallest absolute Gasteiger partial charge is 0.167 e. The number of likely N-dealkylation sites (tertiary alicyclic amines) is 1. The van der Waals surface area contributed by atoms with Crippen molar-refractivity contribution in [2.75, 3.05) is 27.2 Å². The van der Waals surface area contributed by atoms with Crippen molar-refractivity contribution in [1.82, 2.24) is 4.90 Å². The molecule has 0 amide bonds. The minimum atomic E-state index is -0.559. The van der Waals surface area contributed by atoms with Crippen LogP contribution < -0.4 is 9.47 Å². The van der Waals surface area contributed by atoms with Crippen LogP contribution in [0.5, 0.6) is 11.5 Å². The van der Waals surface area contributed by atoms with Crippen LogP contribution in [0.3, 0.4) is 0 Å². The second kappa shape index (κ2) is 6.26. The molecule has 1 atom stereocenters. The van der Waals surface area contributed by atoms with E-state index in [2.05, 4.69) is 11.9 Å². The molecule has 0 aliphatic carbocycles. The predicted octanol–water partition coefficient (Wildman–Crippen LogP) is 2.22. The van der Waals surface area contributed by atoms with Gasteiger partial charge in [0, 0.05) is 18.7 Å². The Morgan fingerprint density at radius 1 is 1.32 bits per heavy atom. The van der Waals surface area contributed by atoms with E-state index in [9.17, 15) is 5.11 Å². The lowest BCUT2D eigenvalue weighted by Crippen LogP contribution is -2.35. The Labute approximate surface area is 114 Å². The summed E-state index contributed by atoms with van der Waals surface area (Å²) in [6.45, 7) is 3.84. The third kappa shape index (κ3) is 3.39. The normalized spacial score (nSPS) is 19.2. The highest BCUT2D eigenvalue weighted by Gasteiger charge is 2.22. The number of aliphatic hydroxyl groups excluding tert-OH is 1. The van der Waals surface area contributed by atoms with Gasteiger partial charge in [0.25, 0.3) is 0 Å². The third-order valence-electron chi connectivity index (χ3n) is 3.63. The van der Waals surface area contributed by atoms with Crippen LogP contribution in [0, 0.1) is 0 Å². The van der Waals surface area contributed by atoms with Crippen molar-refractivity contribution in [2.24, 2.45) is 0 Å². The molecule has 19 heavy (non-hydrogen) atoms. The topological polar surface area (TPSA) is 41.9 Å². The van der Waals surface area contributed by atoms with E-state index in [0.717, 1.165) is 31.5 Å². The maximum Gasteiger partial charge on any atom is 0.167 e. The summed E-state index contributed by atoms with van der Waals surface area (Å²) in [5.41, 5.74) is 0.790. The zero-order valence-corrected chi connectivity index (χ0v) is 11.9. The molecule has 1 aliphatic heterocycles. The molecule has 0 saturated carbocycles. The Kier molecular flexibility index (Phi) is 4.66. The third-order valence-corrected chi connectivity index (χ3v) is 3.63. The van der Waals surface area contributed by atoms with Gasteiger partial charge in [-0.25, -0.2) is 0 Å². The fraction of sp³-hybridized carbons (Fsp3) is 0.600. The van der Waals surface area contributed by atoms with Gasteiger partial charge in [-0.2, -0.15) is 0 Å². The maximum atomic E-state index is 9.85. The van der Waals surface area contributed by atoms with Crippen molar-refractivity contribution in [3.05, 3.63) is 23.8 Å². The molecule has 1 N–H and O–H groups in total. The van der Waals surface area contributed by atoms with Gasteiger partial charge < -0.3 is 19.5 Å². The van der Waals surface area contributed by atoms with Crippen LogP contribution in [-0.4, -0.2) is 43.4 Å². The standard InChI is InChI=1S/C15H23NO3/c1-11(17)13-5-4-6-14(18-3)15(13)19-12-7-9-16(2)10-8-12/h4-6,11-12,17H,7-10H2,1-3H3. The van der Waals surface area contributed by atoms with E-state index >= 15 is 0 Å². The van der Waals surface area contributed by atoms with E-state index in [1.165, 1.54) is 0 Å². The van der Waals surface area contributed by atoms with Crippen LogP contribution in [0.25, 0.3) is 0 Å². The van der Waals surface area contributed by atoms with Crippen molar-refractivity contribution in [1.29, 1.82) is 0 Å². The quantitative estimate of drug-likeness (QED) is 0.906. The van der Waals surface area contributed by atoms with Gasteiger partial charge in [0.15, 0.2) is 11.5 Å². The average molecular weight is 265 g/mol. The van der Waals surface area contributed by atoms with Gasteiger partial charge in [-0.05, 0) is 32.9 Å². The highest BCUT2D eigenvalue weighted by atomic mass is 16.5. The fourth-order valence-electron chi connectivity index (χ4n) is 2.42. The first kappa shape index (κ1) is 14.2. The maximum absolute atomic E-state index is 9.85. The van der Waals surface area contributed by atoms with Crippen molar-refractivity contribution in [3.8, 4) is 11.5 Å². The number of piperidine rings is 1. The first-order valence-electron chi connectivity index (χ1n) is 6.82. The van der Waals surface area contributed by atoms with E-state index < -0.39 is 6.10 Å². The number of hydrogen-bond acceptors (Lipinski definition) is 4. The van der Waals surface area contributed by atoms with E-state index in [4.69, 9.17) is 9.47 Å². The molecular formula is C15H23NO3. The number of para-hydroxylation sites is 1. The predicted molar refractivity (Wildman–Crippen MR) is 74.8 cm³/mol. The monoisotopic (exact) mass is 265 g/mol. The summed E-state index contributed by atoms with van der Waals surface area (Å²) in [6, 6.07) is 5.63. The minimum absolute atomic E-state index is 0.199. The van der Waals surface area contributed by atoms with Gasteiger partial charge in [-0.15, -0.1) is 0 Å². The lowest BCUT2D eigenvalue weighted by Gasteiger charge is -2.30. The molecule has 1 aliphatic rings. The van der Waals surface area contributed by atoms with Crippen molar-refractivity contribution in [3.63, 3.8) is 0 Å². The fourth-order valence-corrected chi connectivity index (χ4v) is 2.42. The SMILES string of the molecule is COc1cccc(C(C)O)c1OC1CCN(C)CC1. The van der Waals surface area contributed by atoms with Crippen molar-refractivity contribution < 1.29 is 14.6 Å². The molecule has 106 valence electrons. The van der Waals surface area contributed by atoms with Gasteiger partial charge in [-0.3, -0.25) is 0 Å². The Balaban J connectivity index is 2.18. The Morgan fingerprint density at radius 3 is 2.58 bits per heavy atom. The van der Waals surface area contributed by atoms with Crippen molar-refractivity contribution >= 4 is 0 Å². The van der Waals surface area contributed by atoms with Crippen LogP contribution in [0.15, 0.2) is 18.2 Å². The Hall–Kier alpha value is -1.26. The highest BCUT2D eigenvalue weighted by Crippen LogP contribution is 2.36. The number of rotatable bonds is 4. The molecule has 1 aromatic carbocycles. The first-order valence-corrected chi connectivity index (χ1v) is 6.82. The Morgan fingerprint density at radius 2 is 2.00 bits per heavy atom. The zero-order valence-electron chi connectivity index (χ0n) is 11.9. The summed E-state index contributed by atoms with van der Waals surface area (Å²) < 4.78 is 11.5. The summed E-state index contributed by atoms with van der Waals surface area (Å²) in [7, 11) is 3.75. The van der Waals surface area contributed by atoms with Crippen LogP contribution in [0.1, 0.15) is 31.4 Å². The van der Waals surface area contributed by atoms with Crippen LogP contribution >= 0.6 is 0 Å². The molecule has 0 aromatic heterocycles. The molecule has 4 heteroatoms. The summed E-state index contributed by atoms with van der Waals surface area (Å²) in [6.07, 6.45) is 1.66. The molecule has 0 bridgehead atoms. The molecule has 0 radical (unpaired) electrons. The zero-order chi connectivity index (χ0) is 13.8. The van der Waals surface area contributed by atoms with Gasteiger partial charge in [0.2, 0.25) is 0 Å². The van der Waals surface area contributed by atoms with E-state index in [0.29, 0.717) is 11.5 Å². The highest BCUT2D eigenvalue weighted by molar-refractivity contribution is 5.47. The van der Waals surface area contributed by atoms with E-state index in [1.807, 2.05) is 18.2 Å². The van der Waals surface area contributed by atoms with Gasteiger partial charge >= 0.3 is 0 Å². The van der Waals surface area contributed by atoms with Crippen LogP contribution in [0.4, 0.5) is 0 Å². The lowest BCUT2D eigenvalue weighted by molar-refractivity contribution is 0.105. The molecular weight excluding hydrogens is 242 g/mol. The van der Waals surface area contributed by atoms with Gasteiger partial charge in [0.05, 0.1) is 13.2 Å². The summed E-state index contributed by atoms with van der Waals surface area (Å²) in [5, 5.41) is 9.85. The van der Waals surface area contributed by atoms with Crippen LogP contribution in [-0.2, 0) is 0 Å². The number of benzene rings is 1. The molecule has 1 saturated heterocycles. The van der Waals surface area contributed by atoms with E-state index in [1.54, 1.807) is 14.0 Å². The molecule has 1 unspecified atom stereocenters. The van der Waals surface area contributed by atoms with E-state index in [-0.39, 0.29) is 6.10 Å². The number of nitrogens with zero attached hydrogens (tertiary/aromatic N) is 1. The molecule has 4 nitrogen and oxygen atoms in total. The van der Waals surface area contributed by atoms with Gasteiger partial charge in [0.1, 0.15) is 6.10 Å². The summed E-state index contributed by atoms with van der Waals surface area (Å²) in [5.74, 6) is 1.38. The number of methoxy groups -OCH3 is 1. The second-order valence-corrected chi connectivity index (χ2v) is 5.18.